The van der Waals surface area contributed by atoms with E-state index in [1.54, 1.807) is 36.4 Å². The van der Waals surface area contributed by atoms with Crippen LogP contribution >= 0.6 is 0 Å². The van der Waals surface area contributed by atoms with E-state index in [1.165, 1.54) is 0 Å². The van der Waals surface area contributed by atoms with Gasteiger partial charge in [0.2, 0.25) is 5.91 Å². The Morgan fingerprint density at radius 1 is 1.16 bits per heavy atom. The molecule has 2 saturated heterocycles. The summed E-state index contributed by atoms with van der Waals surface area (Å²) in [5.74, 6) is -0.498. The predicted octanol–water partition coefficient (Wildman–Crippen LogP) is 1.58. The number of nitrogens with zero attached hydrogens (tertiary/aromatic N) is 2. The Hall–Kier alpha value is -2.18. The van der Waals surface area contributed by atoms with Gasteiger partial charge in [0.05, 0.1) is 18.8 Å². The first kappa shape index (κ1) is 17.6. The number of rotatable bonds is 4. The molecule has 0 radical (unpaired) electrons. The molecule has 1 aromatic rings. The molecule has 1 aromatic carbocycles. The average molecular weight is 344 g/mol. The Morgan fingerprint density at radius 3 is 2.48 bits per heavy atom. The number of ether oxygens (including phenoxy) is 1. The van der Waals surface area contributed by atoms with Crippen LogP contribution in [0.2, 0.25) is 0 Å². The minimum atomic E-state index is -0.952. The van der Waals surface area contributed by atoms with Crippen molar-refractivity contribution in [2.45, 2.75) is 13.0 Å². The van der Waals surface area contributed by atoms with E-state index in [1.807, 2.05) is 4.90 Å². The van der Waals surface area contributed by atoms with Crippen molar-refractivity contribution in [3.05, 3.63) is 41.5 Å². The lowest BCUT2D eigenvalue weighted by Gasteiger charge is -2.33. The molecule has 1 amide bonds. The van der Waals surface area contributed by atoms with Gasteiger partial charge in [0.25, 0.3) is 0 Å². The largest absolute Gasteiger partial charge is 0.478 e. The van der Waals surface area contributed by atoms with Crippen molar-refractivity contribution in [3.8, 4) is 0 Å². The van der Waals surface area contributed by atoms with Crippen LogP contribution in [-0.4, -0.2) is 72.2 Å². The summed E-state index contributed by atoms with van der Waals surface area (Å²) in [6.07, 6.45) is 3.31. The van der Waals surface area contributed by atoms with Gasteiger partial charge in [-0.05, 0) is 29.7 Å². The lowest BCUT2D eigenvalue weighted by Crippen LogP contribution is -2.47. The highest BCUT2D eigenvalue weighted by atomic mass is 16.5. The number of likely N-dealkylation sites (tertiary alicyclic amines) is 1. The zero-order valence-corrected chi connectivity index (χ0v) is 14.4. The highest BCUT2D eigenvalue weighted by Gasteiger charge is 2.35. The molecule has 134 valence electrons. The molecule has 0 aromatic heterocycles. The number of hydrogen-bond acceptors (Lipinski definition) is 4. The fourth-order valence-electron chi connectivity index (χ4n) is 3.52. The molecule has 2 aliphatic rings. The zero-order valence-electron chi connectivity index (χ0n) is 14.4. The number of carbonyl (C=O) groups is 2. The first-order valence-electron chi connectivity index (χ1n) is 8.67. The number of morpholine rings is 1. The van der Waals surface area contributed by atoms with Gasteiger partial charge in [-0.3, -0.25) is 9.69 Å². The molecule has 2 atom stereocenters. The second-order valence-electron chi connectivity index (χ2n) is 6.70. The number of carbonyl (C=O) groups excluding carboxylic acids is 1. The van der Waals surface area contributed by atoms with Crippen LogP contribution in [0.1, 0.15) is 22.8 Å². The third-order valence-electron chi connectivity index (χ3n) is 4.98. The Balaban J connectivity index is 1.58. The molecule has 0 bridgehead atoms. The van der Waals surface area contributed by atoms with Gasteiger partial charge in [-0.15, -0.1) is 0 Å². The third kappa shape index (κ3) is 4.27. The SMILES string of the molecule is CC1CN(C(=O)C=Cc2ccc(C(=O)O)cc2)CC1N1CCOCC1. The molecule has 6 nitrogen and oxygen atoms in total. The van der Waals surface area contributed by atoms with E-state index >= 15 is 0 Å². The number of amides is 1. The highest BCUT2D eigenvalue weighted by Crippen LogP contribution is 2.23. The molecule has 2 fully saturated rings. The van der Waals surface area contributed by atoms with E-state index in [0.29, 0.717) is 12.0 Å². The van der Waals surface area contributed by atoms with Gasteiger partial charge in [0, 0.05) is 38.3 Å². The quantitative estimate of drug-likeness (QED) is 0.840. The van der Waals surface area contributed by atoms with Crippen LogP contribution < -0.4 is 0 Å². The second-order valence-corrected chi connectivity index (χ2v) is 6.70. The molecule has 3 rings (SSSR count). The van der Waals surface area contributed by atoms with Crippen LogP contribution in [0.25, 0.3) is 6.08 Å². The van der Waals surface area contributed by atoms with Gasteiger partial charge in [0.1, 0.15) is 0 Å². The average Bonchev–Trinajstić information content (AvgIpc) is 3.02. The zero-order chi connectivity index (χ0) is 17.8. The first-order valence-corrected chi connectivity index (χ1v) is 8.67. The fraction of sp³-hybridized carbons (Fsp3) is 0.474. The summed E-state index contributed by atoms with van der Waals surface area (Å²) in [4.78, 5) is 27.6. The smallest absolute Gasteiger partial charge is 0.335 e. The van der Waals surface area contributed by atoms with E-state index in [2.05, 4.69) is 11.8 Å². The van der Waals surface area contributed by atoms with Gasteiger partial charge in [-0.25, -0.2) is 4.79 Å². The summed E-state index contributed by atoms with van der Waals surface area (Å²) in [6, 6.07) is 6.89. The molecule has 0 spiro atoms. The van der Waals surface area contributed by atoms with Crippen molar-refractivity contribution in [1.29, 1.82) is 0 Å². The maximum atomic E-state index is 12.5. The molecule has 6 heteroatoms. The summed E-state index contributed by atoms with van der Waals surface area (Å²) in [5.41, 5.74) is 1.06. The van der Waals surface area contributed by atoms with Crippen molar-refractivity contribution < 1.29 is 19.4 Å². The topological polar surface area (TPSA) is 70.1 Å². The minimum Gasteiger partial charge on any atom is -0.478 e. The van der Waals surface area contributed by atoms with Gasteiger partial charge in [0.15, 0.2) is 0 Å². The maximum Gasteiger partial charge on any atom is 0.335 e. The van der Waals surface area contributed by atoms with E-state index in [9.17, 15) is 9.59 Å². The molecular weight excluding hydrogens is 320 g/mol. The third-order valence-corrected chi connectivity index (χ3v) is 4.98. The van der Waals surface area contributed by atoms with Gasteiger partial charge < -0.3 is 14.7 Å². The molecule has 2 aliphatic heterocycles. The molecule has 0 aliphatic carbocycles. The highest BCUT2D eigenvalue weighted by molar-refractivity contribution is 5.92. The van der Waals surface area contributed by atoms with Crippen molar-refractivity contribution >= 4 is 18.0 Å². The molecule has 2 heterocycles. The molecule has 2 unspecified atom stereocenters. The summed E-state index contributed by atoms with van der Waals surface area (Å²) in [6.45, 7) is 7.12. The van der Waals surface area contributed by atoms with Crippen molar-refractivity contribution in [3.63, 3.8) is 0 Å². The molecular formula is C19H24N2O4. The summed E-state index contributed by atoms with van der Waals surface area (Å²) in [5, 5.41) is 8.90. The van der Waals surface area contributed by atoms with Crippen molar-refractivity contribution in [2.75, 3.05) is 39.4 Å². The van der Waals surface area contributed by atoms with Crippen molar-refractivity contribution in [2.24, 2.45) is 5.92 Å². The standard InChI is InChI=1S/C19H24N2O4/c1-14-12-21(13-17(14)20-8-10-25-11-9-20)18(22)7-4-15-2-5-16(6-3-15)19(23)24/h2-7,14,17H,8-13H2,1H3,(H,23,24). The van der Waals surface area contributed by atoms with Crippen LogP contribution in [-0.2, 0) is 9.53 Å². The normalized spacial score (nSPS) is 24.8. The summed E-state index contributed by atoms with van der Waals surface area (Å²) >= 11 is 0. The Labute approximate surface area is 147 Å². The summed E-state index contributed by atoms with van der Waals surface area (Å²) < 4.78 is 5.41. The van der Waals surface area contributed by atoms with E-state index in [0.717, 1.165) is 45.0 Å². The maximum absolute atomic E-state index is 12.5. The Kier molecular flexibility index (Phi) is 5.50. The lowest BCUT2D eigenvalue weighted by molar-refractivity contribution is -0.125. The number of carboxylic acid groups (broad SMARTS) is 1. The van der Waals surface area contributed by atoms with Crippen molar-refractivity contribution in [1.82, 2.24) is 9.80 Å². The Morgan fingerprint density at radius 2 is 1.84 bits per heavy atom. The number of hydrogen-bond donors (Lipinski definition) is 1. The Bertz CT molecular complexity index is 650. The monoisotopic (exact) mass is 344 g/mol. The van der Waals surface area contributed by atoms with E-state index in [-0.39, 0.29) is 11.5 Å². The fourth-order valence-corrected chi connectivity index (χ4v) is 3.52. The number of aromatic carboxylic acids is 1. The number of benzene rings is 1. The minimum absolute atomic E-state index is 0.00456. The van der Waals surface area contributed by atoms with Gasteiger partial charge >= 0.3 is 5.97 Å². The van der Waals surface area contributed by atoms with Gasteiger partial charge in [-0.1, -0.05) is 19.1 Å². The van der Waals surface area contributed by atoms with Crippen LogP contribution in [0, 0.1) is 5.92 Å². The summed E-state index contributed by atoms with van der Waals surface area (Å²) in [7, 11) is 0. The van der Waals surface area contributed by atoms with E-state index in [4.69, 9.17) is 9.84 Å². The molecule has 25 heavy (non-hydrogen) atoms. The second kappa shape index (κ2) is 7.80. The van der Waals surface area contributed by atoms with Gasteiger partial charge in [-0.2, -0.15) is 0 Å². The molecule has 0 saturated carbocycles. The molecule has 1 N–H and O–H groups in total. The van der Waals surface area contributed by atoms with E-state index < -0.39 is 5.97 Å². The van der Waals surface area contributed by atoms with Crippen LogP contribution in [0.5, 0.6) is 0 Å². The van der Waals surface area contributed by atoms with Crippen LogP contribution in [0.4, 0.5) is 0 Å². The lowest BCUT2D eigenvalue weighted by atomic mass is 10.0. The van der Waals surface area contributed by atoms with Crippen LogP contribution in [0.15, 0.2) is 30.3 Å². The first-order chi connectivity index (χ1) is 12.0. The number of carboxylic acids is 1. The van der Waals surface area contributed by atoms with Crippen LogP contribution in [0.3, 0.4) is 0 Å². The predicted molar refractivity (Wildman–Crippen MR) is 94.4 cm³/mol.